The highest BCUT2D eigenvalue weighted by Crippen LogP contribution is 2.33. The molecule has 2 heterocycles. The SMILES string of the molecule is O=c1ssc(SC(=S)N2CCOCC2)c1Cl. The molecule has 16 heavy (non-hydrogen) atoms. The summed E-state index contributed by atoms with van der Waals surface area (Å²) in [5.41, 5.74) is 0. The van der Waals surface area contributed by atoms with E-state index in [1.54, 1.807) is 0 Å². The third-order valence-corrected chi connectivity index (χ3v) is 6.84. The van der Waals surface area contributed by atoms with Gasteiger partial charge >= 0.3 is 0 Å². The van der Waals surface area contributed by atoms with Crippen LogP contribution in [0, 0.1) is 0 Å². The van der Waals surface area contributed by atoms with Crippen LogP contribution in [-0.4, -0.2) is 35.5 Å². The molecule has 1 aliphatic rings. The van der Waals surface area contributed by atoms with Crippen molar-refractivity contribution in [2.45, 2.75) is 4.21 Å². The molecule has 0 amide bonds. The van der Waals surface area contributed by atoms with Crippen LogP contribution < -0.4 is 4.74 Å². The summed E-state index contributed by atoms with van der Waals surface area (Å²) >= 11 is 12.6. The van der Waals surface area contributed by atoms with Crippen LogP contribution in [0.4, 0.5) is 0 Å². The number of hydrogen-bond donors (Lipinski definition) is 0. The lowest BCUT2D eigenvalue weighted by molar-refractivity contribution is 0.0702. The number of rotatable bonds is 1. The summed E-state index contributed by atoms with van der Waals surface area (Å²) in [6, 6.07) is 0. The Kier molecular flexibility index (Phi) is 4.63. The van der Waals surface area contributed by atoms with Crippen LogP contribution in [0.5, 0.6) is 0 Å². The second-order valence-electron chi connectivity index (χ2n) is 3.02. The van der Waals surface area contributed by atoms with Crippen LogP contribution in [0.25, 0.3) is 0 Å². The molecule has 1 aromatic heterocycles. The molecule has 8 heteroatoms. The Labute approximate surface area is 115 Å². The van der Waals surface area contributed by atoms with Gasteiger partial charge in [0.1, 0.15) is 13.6 Å². The Hall–Kier alpha value is 0.340. The Morgan fingerprint density at radius 3 is 2.69 bits per heavy atom. The van der Waals surface area contributed by atoms with Gasteiger partial charge in [-0.25, -0.2) is 0 Å². The van der Waals surface area contributed by atoms with Crippen molar-refractivity contribution in [3.05, 3.63) is 14.6 Å². The van der Waals surface area contributed by atoms with E-state index < -0.39 is 0 Å². The van der Waals surface area contributed by atoms with Gasteiger partial charge in [-0.3, -0.25) is 4.79 Å². The molecule has 0 atom stereocenters. The van der Waals surface area contributed by atoms with Gasteiger partial charge in [-0.2, -0.15) is 0 Å². The second kappa shape index (κ2) is 5.79. The van der Waals surface area contributed by atoms with Crippen molar-refractivity contribution >= 4 is 60.6 Å². The van der Waals surface area contributed by atoms with Crippen LogP contribution in [0.2, 0.25) is 5.02 Å². The summed E-state index contributed by atoms with van der Waals surface area (Å²) in [6.45, 7) is 3.02. The van der Waals surface area contributed by atoms with E-state index in [2.05, 4.69) is 4.90 Å². The molecule has 88 valence electrons. The molecular formula is C8H8ClNO2S4. The topological polar surface area (TPSA) is 29.5 Å². The van der Waals surface area contributed by atoms with Crippen LogP contribution in [0.1, 0.15) is 0 Å². The molecule has 0 spiro atoms. The highest BCUT2D eigenvalue weighted by molar-refractivity contribution is 8.24. The van der Waals surface area contributed by atoms with Crippen molar-refractivity contribution in [1.29, 1.82) is 0 Å². The van der Waals surface area contributed by atoms with E-state index in [1.165, 1.54) is 22.1 Å². The molecule has 0 unspecified atom stereocenters. The monoisotopic (exact) mass is 313 g/mol. The summed E-state index contributed by atoms with van der Waals surface area (Å²) in [6.07, 6.45) is 0. The molecule has 0 bridgehead atoms. The average molecular weight is 314 g/mol. The van der Waals surface area contributed by atoms with Gasteiger partial charge in [0.25, 0.3) is 4.74 Å². The van der Waals surface area contributed by atoms with Gasteiger partial charge in [0.15, 0.2) is 0 Å². The third kappa shape index (κ3) is 2.96. The van der Waals surface area contributed by atoms with E-state index in [0.29, 0.717) is 18.2 Å². The minimum Gasteiger partial charge on any atom is -0.378 e. The maximum atomic E-state index is 11.2. The normalized spacial score (nSPS) is 16.4. The number of hydrogen-bond acceptors (Lipinski definition) is 6. The van der Waals surface area contributed by atoms with Gasteiger partial charge in [0.2, 0.25) is 0 Å². The van der Waals surface area contributed by atoms with Gasteiger partial charge in [0.05, 0.1) is 13.2 Å². The maximum Gasteiger partial charge on any atom is 0.262 e. The maximum absolute atomic E-state index is 11.2. The molecule has 0 radical (unpaired) electrons. The Morgan fingerprint density at radius 1 is 1.44 bits per heavy atom. The van der Waals surface area contributed by atoms with Crippen molar-refractivity contribution in [3.8, 4) is 0 Å². The number of ether oxygens (including phenoxy) is 1. The van der Waals surface area contributed by atoms with Gasteiger partial charge in [-0.15, -0.1) is 0 Å². The van der Waals surface area contributed by atoms with Gasteiger partial charge in [-0.05, 0) is 22.1 Å². The highest BCUT2D eigenvalue weighted by Gasteiger charge is 2.17. The third-order valence-electron chi connectivity index (χ3n) is 2.00. The molecule has 3 nitrogen and oxygen atoms in total. The first-order chi connectivity index (χ1) is 7.68. The van der Waals surface area contributed by atoms with Crippen LogP contribution >= 0.6 is 56.3 Å². The molecule has 0 aromatic carbocycles. The number of nitrogens with zero attached hydrogens (tertiary/aromatic N) is 1. The molecule has 0 saturated carbocycles. The fraction of sp³-hybridized carbons (Fsp3) is 0.500. The first-order valence-corrected chi connectivity index (χ1v) is 8.27. The summed E-state index contributed by atoms with van der Waals surface area (Å²) in [5.74, 6) is 0. The molecular weight excluding hydrogens is 306 g/mol. The van der Waals surface area contributed by atoms with E-state index in [0.717, 1.165) is 32.0 Å². The molecule has 1 fully saturated rings. The second-order valence-corrected chi connectivity index (χ2v) is 7.42. The Bertz CT molecular complexity index is 437. The Morgan fingerprint density at radius 2 is 2.12 bits per heavy atom. The standard InChI is InChI=1S/C8H8ClNO2S4/c9-5-6(11)15-16-7(5)14-8(13)10-1-3-12-4-2-10/h1-4H2. The number of thiocarbonyl (C=S) groups is 1. The minimum absolute atomic E-state index is 0.0843. The van der Waals surface area contributed by atoms with E-state index in [9.17, 15) is 4.79 Å². The predicted octanol–water partition coefficient (Wildman–Crippen LogP) is 2.53. The van der Waals surface area contributed by atoms with Crippen LogP contribution in [0.3, 0.4) is 0 Å². The van der Waals surface area contributed by atoms with Gasteiger partial charge in [0, 0.05) is 13.1 Å². The van der Waals surface area contributed by atoms with Crippen LogP contribution in [0.15, 0.2) is 9.00 Å². The minimum atomic E-state index is -0.0843. The van der Waals surface area contributed by atoms with E-state index >= 15 is 0 Å². The van der Waals surface area contributed by atoms with Crippen molar-refractivity contribution in [2.24, 2.45) is 0 Å². The van der Waals surface area contributed by atoms with Crippen molar-refractivity contribution in [2.75, 3.05) is 26.3 Å². The molecule has 0 N–H and O–H groups in total. The fourth-order valence-electron chi connectivity index (χ4n) is 1.18. The zero-order valence-corrected chi connectivity index (χ0v) is 12.1. The summed E-state index contributed by atoms with van der Waals surface area (Å²) in [5, 5.41) is 0.301. The first-order valence-electron chi connectivity index (χ1n) is 4.51. The van der Waals surface area contributed by atoms with Crippen molar-refractivity contribution in [3.63, 3.8) is 0 Å². The number of morpholine rings is 1. The molecule has 1 saturated heterocycles. The number of halogens is 1. The fourth-order valence-corrected chi connectivity index (χ4v) is 5.61. The van der Waals surface area contributed by atoms with Gasteiger partial charge in [-0.1, -0.05) is 34.2 Å². The lowest BCUT2D eigenvalue weighted by Crippen LogP contribution is -2.38. The largest absolute Gasteiger partial charge is 0.378 e. The summed E-state index contributed by atoms with van der Waals surface area (Å²) in [7, 11) is 2.53. The first kappa shape index (κ1) is 12.8. The lowest BCUT2D eigenvalue weighted by atomic mass is 10.5. The number of thioether (sulfide) groups is 1. The summed E-state index contributed by atoms with van der Waals surface area (Å²) in [4.78, 5) is 13.3. The van der Waals surface area contributed by atoms with E-state index in [4.69, 9.17) is 28.6 Å². The smallest absolute Gasteiger partial charge is 0.262 e. The zero-order chi connectivity index (χ0) is 11.5. The van der Waals surface area contributed by atoms with Crippen molar-refractivity contribution < 1.29 is 4.74 Å². The molecule has 0 aliphatic carbocycles. The quantitative estimate of drug-likeness (QED) is 0.451. The zero-order valence-electron chi connectivity index (χ0n) is 8.10. The Balaban J connectivity index is 2.01. The molecule has 1 aliphatic heterocycles. The average Bonchev–Trinajstić information content (AvgIpc) is 2.62. The van der Waals surface area contributed by atoms with E-state index in [-0.39, 0.29) is 4.74 Å². The highest BCUT2D eigenvalue weighted by atomic mass is 35.5. The van der Waals surface area contributed by atoms with E-state index in [1.807, 2.05) is 0 Å². The van der Waals surface area contributed by atoms with Crippen molar-refractivity contribution in [1.82, 2.24) is 4.90 Å². The molecule has 1 aromatic rings. The van der Waals surface area contributed by atoms with Crippen LogP contribution in [-0.2, 0) is 4.74 Å². The lowest BCUT2D eigenvalue weighted by Gasteiger charge is -2.28. The van der Waals surface area contributed by atoms with Gasteiger partial charge < -0.3 is 9.64 Å². The molecule has 2 rings (SSSR count). The predicted molar refractivity (Wildman–Crippen MR) is 74.3 cm³/mol. The summed E-state index contributed by atoms with van der Waals surface area (Å²) < 4.78 is 6.72.